The Balaban J connectivity index is 1.43. The second kappa shape index (κ2) is 10.2. The third kappa shape index (κ3) is 5.53. The molecule has 0 radical (unpaired) electrons. The second-order valence-electron chi connectivity index (χ2n) is 7.18. The Morgan fingerprint density at radius 1 is 1.11 bits per heavy atom. The highest BCUT2D eigenvalue weighted by Crippen LogP contribution is 2.19. The lowest BCUT2D eigenvalue weighted by Gasteiger charge is -2.32. The van der Waals surface area contributed by atoms with Crippen molar-refractivity contribution in [1.82, 2.24) is 10.2 Å². The molecule has 6 heteroatoms. The normalized spacial score (nSPS) is 15.0. The van der Waals surface area contributed by atoms with Gasteiger partial charge in [0.25, 0.3) is 0 Å². The molecule has 0 bridgehead atoms. The van der Waals surface area contributed by atoms with Crippen LogP contribution in [0.2, 0.25) is 0 Å². The zero-order valence-corrected chi connectivity index (χ0v) is 16.2. The van der Waals surface area contributed by atoms with Crippen LogP contribution in [0.25, 0.3) is 10.8 Å². The molecule has 1 fully saturated rings. The van der Waals surface area contributed by atoms with Crippen LogP contribution in [-0.2, 0) is 20.7 Å². The van der Waals surface area contributed by atoms with Crippen molar-refractivity contribution < 1.29 is 14.3 Å². The standard InChI is InChI=1S/C22H29N3O3/c23-11-4-14-28-19-9-12-25(13-10-19)22(27)16-24-21(26)15-18-7-3-6-17-5-1-2-8-20(17)18/h1-3,5-8,19H,4,9-16,23H2,(H,24,26). The van der Waals surface area contributed by atoms with Gasteiger partial charge >= 0.3 is 0 Å². The number of hydrogen-bond acceptors (Lipinski definition) is 4. The van der Waals surface area contributed by atoms with E-state index in [2.05, 4.69) is 5.32 Å². The first kappa shape index (κ1) is 20.3. The molecule has 0 aliphatic carbocycles. The van der Waals surface area contributed by atoms with Crippen LogP contribution in [-0.4, -0.2) is 55.6 Å². The van der Waals surface area contributed by atoms with Crippen molar-refractivity contribution in [2.45, 2.75) is 31.8 Å². The van der Waals surface area contributed by atoms with Crippen LogP contribution in [0.4, 0.5) is 0 Å². The summed E-state index contributed by atoms with van der Waals surface area (Å²) in [7, 11) is 0. The van der Waals surface area contributed by atoms with E-state index in [1.165, 1.54) is 0 Å². The molecule has 3 N–H and O–H groups in total. The van der Waals surface area contributed by atoms with Crippen molar-refractivity contribution in [2.24, 2.45) is 5.73 Å². The quantitative estimate of drug-likeness (QED) is 0.682. The summed E-state index contributed by atoms with van der Waals surface area (Å²) >= 11 is 0. The van der Waals surface area contributed by atoms with Crippen molar-refractivity contribution in [3.8, 4) is 0 Å². The topological polar surface area (TPSA) is 84.7 Å². The number of nitrogens with one attached hydrogen (secondary N) is 1. The predicted octanol–water partition coefficient (Wildman–Crippen LogP) is 1.85. The van der Waals surface area contributed by atoms with Crippen molar-refractivity contribution in [3.63, 3.8) is 0 Å². The molecule has 1 aliphatic rings. The smallest absolute Gasteiger partial charge is 0.241 e. The molecule has 2 aromatic rings. The van der Waals surface area contributed by atoms with E-state index in [-0.39, 0.29) is 30.9 Å². The highest BCUT2D eigenvalue weighted by atomic mass is 16.5. The number of carbonyl (C=O) groups excluding carboxylic acids is 2. The third-order valence-corrected chi connectivity index (χ3v) is 5.16. The highest BCUT2D eigenvalue weighted by Gasteiger charge is 2.23. The Bertz CT molecular complexity index is 795. The van der Waals surface area contributed by atoms with Gasteiger partial charge in [0.15, 0.2) is 0 Å². The second-order valence-corrected chi connectivity index (χ2v) is 7.18. The summed E-state index contributed by atoms with van der Waals surface area (Å²) in [4.78, 5) is 26.5. The Hall–Kier alpha value is -2.44. The summed E-state index contributed by atoms with van der Waals surface area (Å²) in [6.07, 6.45) is 3.00. The van der Waals surface area contributed by atoms with Crippen LogP contribution in [0, 0.1) is 0 Å². The number of nitrogens with zero attached hydrogens (tertiary/aromatic N) is 1. The maximum absolute atomic E-state index is 12.4. The minimum Gasteiger partial charge on any atom is -0.378 e. The molecule has 28 heavy (non-hydrogen) atoms. The molecule has 0 atom stereocenters. The molecule has 0 spiro atoms. The van der Waals surface area contributed by atoms with E-state index in [9.17, 15) is 9.59 Å². The van der Waals surface area contributed by atoms with Gasteiger partial charge in [-0.15, -0.1) is 0 Å². The zero-order chi connectivity index (χ0) is 19.8. The van der Waals surface area contributed by atoms with Crippen molar-refractivity contribution >= 4 is 22.6 Å². The lowest BCUT2D eigenvalue weighted by atomic mass is 10.0. The summed E-state index contributed by atoms with van der Waals surface area (Å²) in [6.45, 7) is 2.70. The minimum absolute atomic E-state index is 0.0355. The zero-order valence-electron chi connectivity index (χ0n) is 16.2. The predicted molar refractivity (Wildman–Crippen MR) is 110 cm³/mol. The Morgan fingerprint density at radius 2 is 1.86 bits per heavy atom. The summed E-state index contributed by atoms with van der Waals surface area (Å²) in [5.41, 5.74) is 6.44. The van der Waals surface area contributed by atoms with Gasteiger partial charge in [0.1, 0.15) is 0 Å². The molecular weight excluding hydrogens is 354 g/mol. The number of benzene rings is 2. The van der Waals surface area contributed by atoms with Crippen LogP contribution in [0.15, 0.2) is 42.5 Å². The van der Waals surface area contributed by atoms with Crippen LogP contribution in [0.5, 0.6) is 0 Å². The molecule has 0 aromatic heterocycles. The molecule has 2 aromatic carbocycles. The molecule has 1 heterocycles. The fourth-order valence-electron chi connectivity index (χ4n) is 3.57. The van der Waals surface area contributed by atoms with Crippen molar-refractivity contribution in [2.75, 3.05) is 32.8 Å². The molecule has 1 aliphatic heterocycles. The van der Waals surface area contributed by atoms with Crippen molar-refractivity contribution in [3.05, 3.63) is 48.0 Å². The number of ether oxygens (including phenoxy) is 1. The van der Waals surface area contributed by atoms with Crippen LogP contribution in [0.1, 0.15) is 24.8 Å². The van der Waals surface area contributed by atoms with Gasteiger partial charge in [0, 0.05) is 19.7 Å². The highest BCUT2D eigenvalue weighted by molar-refractivity contribution is 5.91. The lowest BCUT2D eigenvalue weighted by Crippen LogP contribution is -2.45. The third-order valence-electron chi connectivity index (χ3n) is 5.16. The molecule has 0 saturated carbocycles. The van der Waals surface area contributed by atoms with E-state index in [1.807, 2.05) is 42.5 Å². The fraction of sp³-hybridized carbons (Fsp3) is 0.455. The lowest BCUT2D eigenvalue weighted by molar-refractivity contribution is -0.135. The summed E-state index contributed by atoms with van der Waals surface area (Å²) in [5.74, 6) is -0.170. The average molecular weight is 383 g/mol. The summed E-state index contributed by atoms with van der Waals surface area (Å²) in [5, 5.41) is 4.95. The first-order valence-electron chi connectivity index (χ1n) is 10.00. The van der Waals surface area contributed by atoms with E-state index in [1.54, 1.807) is 4.90 Å². The van der Waals surface area contributed by atoms with Gasteiger partial charge in [-0.2, -0.15) is 0 Å². The van der Waals surface area contributed by atoms with Crippen LogP contribution in [0.3, 0.4) is 0 Å². The molecule has 6 nitrogen and oxygen atoms in total. The van der Waals surface area contributed by atoms with Gasteiger partial charge in [-0.3, -0.25) is 9.59 Å². The van der Waals surface area contributed by atoms with Crippen molar-refractivity contribution in [1.29, 1.82) is 0 Å². The average Bonchev–Trinajstić information content (AvgIpc) is 2.73. The number of amides is 2. The fourth-order valence-corrected chi connectivity index (χ4v) is 3.57. The van der Waals surface area contributed by atoms with Gasteiger partial charge < -0.3 is 20.7 Å². The maximum atomic E-state index is 12.4. The van der Waals surface area contributed by atoms with Gasteiger partial charge in [-0.1, -0.05) is 42.5 Å². The number of likely N-dealkylation sites (tertiary alicyclic amines) is 1. The van der Waals surface area contributed by atoms with E-state index in [0.29, 0.717) is 26.2 Å². The Labute approximate surface area is 166 Å². The van der Waals surface area contributed by atoms with E-state index < -0.39 is 0 Å². The van der Waals surface area contributed by atoms with Crippen LogP contribution < -0.4 is 11.1 Å². The maximum Gasteiger partial charge on any atom is 0.241 e. The molecule has 150 valence electrons. The van der Waals surface area contributed by atoms with Gasteiger partial charge in [-0.05, 0) is 42.1 Å². The Morgan fingerprint density at radius 3 is 2.64 bits per heavy atom. The van der Waals surface area contributed by atoms with Gasteiger partial charge in [0.05, 0.1) is 19.1 Å². The Kier molecular flexibility index (Phi) is 7.39. The van der Waals surface area contributed by atoms with E-state index in [4.69, 9.17) is 10.5 Å². The summed E-state index contributed by atoms with van der Waals surface area (Å²) < 4.78 is 5.76. The molecule has 3 rings (SSSR count). The number of rotatable bonds is 8. The molecular formula is C22H29N3O3. The first-order valence-corrected chi connectivity index (χ1v) is 10.00. The molecule has 0 unspecified atom stereocenters. The van der Waals surface area contributed by atoms with Gasteiger partial charge in [0.2, 0.25) is 11.8 Å². The molecule has 1 saturated heterocycles. The van der Waals surface area contributed by atoms with E-state index >= 15 is 0 Å². The summed E-state index contributed by atoms with van der Waals surface area (Å²) in [6, 6.07) is 13.9. The number of fused-ring (bicyclic) bond motifs is 1. The first-order chi connectivity index (χ1) is 13.7. The van der Waals surface area contributed by atoms with Gasteiger partial charge in [-0.25, -0.2) is 0 Å². The molecule has 2 amide bonds. The SMILES string of the molecule is NCCCOC1CCN(C(=O)CNC(=O)Cc2cccc3ccccc23)CC1. The number of carbonyl (C=O) groups is 2. The number of piperidine rings is 1. The number of nitrogens with two attached hydrogens (primary N) is 1. The minimum atomic E-state index is -0.135. The van der Waals surface area contributed by atoms with E-state index in [0.717, 1.165) is 35.6 Å². The largest absolute Gasteiger partial charge is 0.378 e. The number of hydrogen-bond donors (Lipinski definition) is 2. The monoisotopic (exact) mass is 383 g/mol. The van der Waals surface area contributed by atoms with Crippen LogP contribution >= 0.6 is 0 Å².